The first-order valence-electron chi connectivity index (χ1n) is 5.60. The number of likely N-dealkylation sites (tertiary alicyclic amines) is 1. The smallest absolute Gasteiger partial charge is 0.155 e. The third-order valence-electron chi connectivity index (χ3n) is 3.33. The highest BCUT2D eigenvalue weighted by atomic mass is 16.1. The second-order valence-electron chi connectivity index (χ2n) is 5.58. The monoisotopic (exact) mass is 197 g/mol. The van der Waals surface area contributed by atoms with Gasteiger partial charge in [-0.05, 0) is 33.2 Å². The summed E-state index contributed by atoms with van der Waals surface area (Å²) in [7, 11) is 2.08. The van der Waals surface area contributed by atoms with E-state index in [1.165, 1.54) is 12.8 Å². The minimum absolute atomic E-state index is 0.152. The Morgan fingerprint density at radius 1 is 1.29 bits per heavy atom. The Bertz CT molecular complexity index is 217. The van der Waals surface area contributed by atoms with Crippen LogP contribution in [0.25, 0.3) is 0 Å². The van der Waals surface area contributed by atoms with E-state index in [0.29, 0.717) is 11.8 Å². The van der Waals surface area contributed by atoms with E-state index in [4.69, 9.17) is 0 Å². The molecule has 0 aromatic heterocycles. The minimum atomic E-state index is -0.198. The molecule has 0 aliphatic carbocycles. The largest absolute Gasteiger partial charge is 0.297 e. The zero-order valence-corrected chi connectivity index (χ0v) is 10.1. The van der Waals surface area contributed by atoms with E-state index in [9.17, 15) is 4.79 Å². The highest BCUT2D eigenvalue weighted by Crippen LogP contribution is 2.27. The fourth-order valence-electron chi connectivity index (χ4n) is 2.14. The summed E-state index contributed by atoms with van der Waals surface area (Å²) in [5.74, 6) is 0.395. The molecule has 0 radical (unpaired) electrons. The van der Waals surface area contributed by atoms with Crippen LogP contribution in [0.4, 0.5) is 0 Å². The van der Waals surface area contributed by atoms with Gasteiger partial charge in [0.25, 0.3) is 0 Å². The van der Waals surface area contributed by atoms with Crippen molar-refractivity contribution in [2.45, 2.75) is 59.0 Å². The van der Waals surface area contributed by atoms with E-state index < -0.39 is 0 Å². The predicted octanol–water partition coefficient (Wildman–Crippen LogP) is 2.47. The summed E-state index contributed by atoms with van der Waals surface area (Å²) in [6.45, 7) is 8.26. The van der Waals surface area contributed by atoms with Gasteiger partial charge in [-0.1, -0.05) is 20.8 Å². The van der Waals surface area contributed by atoms with E-state index in [2.05, 4.69) is 18.9 Å². The molecule has 0 spiro atoms. The van der Waals surface area contributed by atoms with Crippen molar-refractivity contribution in [1.82, 2.24) is 4.90 Å². The lowest BCUT2D eigenvalue weighted by Gasteiger charge is -2.39. The second-order valence-corrected chi connectivity index (χ2v) is 5.58. The van der Waals surface area contributed by atoms with E-state index in [1.807, 2.05) is 20.8 Å². The van der Waals surface area contributed by atoms with Gasteiger partial charge in [-0.2, -0.15) is 0 Å². The second kappa shape index (κ2) is 4.01. The molecule has 1 heterocycles. The molecule has 1 rings (SSSR count). The predicted molar refractivity (Wildman–Crippen MR) is 59.3 cm³/mol. The zero-order chi connectivity index (χ0) is 10.9. The van der Waals surface area contributed by atoms with Crippen molar-refractivity contribution >= 4 is 5.78 Å². The van der Waals surface area contributed by atoms with E-state index in [1.54, 1.807) is 0 Å². The van der Waals surface area contributed by atoms with Gasteiger partial charge in [0.2, 0.25) is 0 Å². The van der Waals surface area contributed by atoms with Crippen molar-refractivity contribution in [2.75, 3.05) is 7.05 Å². The van der Waals surface area contributed by atoms with Crippen LogP contribution in [0, 0.1) is 5.41 Å². The number of ketones is 1. The Morgan fingerprint density at radius 2 is 1.86 bits per heavy atom. The molecular weight excluding hydrogens is 174 g/mol. The van der Waals surface area contributed by atoms with Gasteiger partial charge >= 0.3 is 0 Å². The summed E-state index contributed by atoms with van der Waals surface area (Å²) < 4.78 is 0. The zero-order valence-electron chi connectivity index (χ0n) is 10.1. The van der Waals surface area contributed by atoms with Crippen LogP contribution in [0.15, 0.2) is 0 Å². The van der Waals surface area contributed by atoms with E-state index >= 15 is 0 Å². The number of rotatable bonds is 1. The molecule has 2 atom stereocenters. The molecule has 0 aromatic carbocycles. The number of Topliss-reactive ketones (excluding diaryl/α,β-unsaturated/α-hetero) is 1. The molecule has 1 saturated heterocycles. The lowest BCUT2D eigenvalue weighted by atomic mass is 9.82. The number of hydrogen-bond donors (Lipinski definition) is 0. The molecular formula is C12H23NO. The fourth-order valence-corrected chi connectivity index (χ4v) is 2.14. The Balaban J connectivity index is 2.72. The highest BCUT2D eigenvalue weighted by molar-refractivity contribution is 5.88. The van der Waals surface area contributed by atoms with Crippen molar-refractivity contribution in [3.05, 3.63) is 0 Å². The summed E-state index contributed by atoms with van der Waals surface area (Å²) in [6, 6.07) is 0.707. The summed E-state index contributed by atoms with van der Waals surface area (Å²) in [5, 5.41) is 0. The van der Waals surface area contributed by atoms with Gasteiger partial charge in [-0.3, -0.25) is 9.69 Å². The van der Waals surface area contributed by atoms with Crippen LogP contribution in [-0.2, 0) is 4.79 Å². The van der Waals surface area contributed by atoms with Crippen LogP contribution in [0.3, 0.4) is 0 Å². The van der Waals surface area contributed by atoms with Gasteiger partial charge in [0.1, 0.15) is 0 Å². The average Bonchev–Trinajstić information content (AvgIpc) is 2.07. The molecule has 0 N–H and O–H groups in total. The summed E-state index contributed by atoms with van der Waals surface area (Å²) >= 11 is 0. The molecule has 1 fully saturated rings. The molecule has 2 heteroatoms. The van der Waals surface area contributed by atoms with Crippen LogP contribution in [0.5, 0.6) is 0 Å². The van der Waals surface area contributed by atoms with Gasteiger partial charge in [0, 0.05) is 11.5 Å². The van der Waals surface area contributed by atoms with Gasteiger partial charge in [-0.25, -0.2) is 0 Å². The Kier molecular flexibility index (Phi) is 3.36. The number of carbonyl (C=O) groups excluding carboxylic acids is 1. The molecule has 2 nitrogen and oxygen atoms in total. The minimum Gasteiger partial charge on any atom is -0.297 e. The maximum atomic E-state index is 12.1. The van der Waals surface area contributed by atoms with Crippen LogP contribution in [0.1, 0.15) is 47.0 Å². The quantitative estimate of drug-likeness (QED) is 0.643. The first-order valence-corrected chi connectivity index (χ1v) is 5.60. The lowest BCUT2D eigenvalue weighted by Crippen LogP contribution is -2.50. The molecule has 14 heavy (non-hydrogen) atoms. The van der Waals surface area contributed by atoms with Gasteiger partial charge in [-0.15, -0.1) is 0 Å². The lowest BCUT2D eigenvalue weighted by molar-refractivity contribution is -0.133. The first-order chi connectivity index (χ1) is 6.34. The van der Waals surface area contributed by atoms with E-state index in [0.717, 1.165) is 6.42 Å². The maximum Gasteiger partial charge on any atom is 0.155 e. The van der Waals surface area contributed by atoms with E-state index in [-0.39, 0.29) is 11.5 Å². The number of nitrogens with zero attached hydrogens (tertiary/aromatic N) is 1. The van der Waals surface area contributed by atoms with Crippen molar-refractivity contribution in [3.8, 4) is 0 Å². The SMILES string of the molecule is CC1CCCC(C(=O)C(C)(C)C)N1C. The first kappa shape index (κ1) is 11.7. The molecule has 1 aliphatic heterocycles. The Morgan fingerprint density at radius 3 is 2.36 bits per heavy atom. The normalized spacial score (nSPS) is 30.4. The maximum absolute atomic E-state index is 12.1. The summed E-state index contributed by atoms with van der Waals surface area (Å²) in [4.78, 5) is 14.4. The van der Waals surface area contributed by atoms with Crippen LogP contribution in [-0.4, -0.2) is 29.8 Å². The number of carbonyl (C=O) groups is 1. The molecule has 1 aliphatic rings. The van der Waals surface area contributed by atoms with Gasteiger partial charge in [0.15, 0.2) is 5.78 Å². The third kappa shape index (κ3) is 2.35. The van der Waals surface area contributed by atoms with Crippen molar-refractivity contribution in [3.63, 3.8) is 0 Å². The van der Waals surface area contributed by atoms with Crippen molar-refractivity contribution in [1.29, 1.82) is 0 Å². The molecule has 0 aromatic rings. The van der Waals surface area contributed by atoms with Crippen LogP contribution >= 0.6 is 0 Å². The summed E-state index contributed by atoms with van der Waals surface area (Å²) in [6.07, 6.45) is 3.46. The number of piperidine rings is 1. The van der Waals surface area contributed by atoms with Crippen molar-refractivity contribution in [2.24, 2.45) is 5.41 Å². The number of hydrogen-bond acceptors (Lipinski definition) is 2. The molecule has 0 amide bonds. The topological polar surface area (TPSA) is 20.3 Å². The van der Waals surface area contributed by atoms with Gasteiger partial charge in [0.05, 0.1) is 6.04 Å². The Hall–Kier alpha value is -0.370. The van der Waals surface area contributed by atoms with Crippen LogP contribution in [0.2, 0.25) is 0 Å². The fraction of sp³-hybridized carbons (Fsp3) is 0.917. The molecule has 0 bridgehead atoms. The third-order valence-corrected chi connectivity index (χ3v) is 3.33. The van der Waals surface area contributed by atoms with Gasteiger partial charge < -0.3 is 0 Å². The molecule has 0 saturated carbocycles. The standard InChI is InChI=1S/C12H23NO/c1-9-7-6-8-10(13(9)5)11(14)12(2,3)4/h9-10H,6-8H2,1-5H3. The number of likely N-dealkylation sites (N-methyl/N-ethyl adjacent to an activating group) is 1. The molecule has 2 unspecified atom stereocenters. The highest BCUT2D eigenvalue weighted by Gasteiger charge is 2.35. The Labute approximate surface area is 87.7 Å². The van der Waals surface area contributed by atoms with Crippen molar-refractivity contribution < 1.29 is 4.79 Å². The summed E-state index contributed by atoms with van der Waals surface area (Å²) in [5.41, 5.74) is -0.198. The average molecular weight is 197 g/mol. The molecule has 82 valence electrons. The van der Waals surface area contributed by atoms with Crippen LogP contribution < -0.4 is 0 Å².